The predicted molar refractivity (Wildman–Crippen MR) is 33.3 cm³/mol. The van der Waals surface area contributed by atoms with E-state index < -0.39 is 0 Å². The summed E-state index contributed by atoms with van der Waals surface area (Å²) in [7, 11) is 3.16. The Hall–Kier alpha value is -0.570. The van der Waals surface area contributed by atoms with Gasteiger partial charge in [0.1, 0.15) is 0 Å². The third-order valence-corrected chi connectivity index (χ3v) is 0.353. The summed E-state index contributed by atoms with van der Waals surface area (Å²) in [4.78, 5) is 3.58. The summed E-state index contributed by atoms with van der Waals surface area (Å²) < 4.78 is 0. The van der Waals surface area contributed by atoms with Gasteiger partial charge in [0.05, 0.1) is 5.84 Å². The molecule has 7 heavy (non-hydrogen) atoms. The highest BCUT2D eigenvalue weighted by Gasteiger charge is 1.61. The number of aliphatic imine (C=N–C) groups is 1. The van der Waals surface area contributed by atoms with Crippen molar-refractivity contribution in [2.24, 2.45) is 16.5 Å². The van der Waals surface area contributed by atoms with Crippen LogP contribution < -0.4 is 11.5 Å². The summed E-state index contributed by atoms with van der Waals surface area (Å²) in [5.74, 6) is 0.630. The Morgan fingerprint density at radius 2 is 1.57 bits per heavy atom. The Labute approximate surface area is 44.4 Å². The van der Waals surface area contributed by atoms with Crippen LogP contribution in [0.1, 0.15) is 6.92 Å². The molecule has 44 valence electrons. The van der Waals surface area contributed by atoms with Crippen LogP contribution in [0.5, 0.6) is 0 Å². The second kappa shape index (κ2) is 9.06. The summed E-state index contributed by atoms with van der Waals surface area (Å²) >= 11 is 0. The normalized spacial score (nSPS) is 9.43. The van der Waals surface area contributed by atoms with Crippen LogP contribution in [0.4, 0.5) is 0 Å². The largest absolute Gasteiger partial charge is 0.388 e. The van der Waals surface area contributed by atoms with E-state index in [1.807, 2.05) is 0 Å². The van der Waals surface area contributed by atoms with Crippen LogP contribution in [0, 0.1) is 0 Å². The van der Waals surface area contributed by atoms with Crippen molar-refractivity contribution >= 4 is 5.84 Å². The smallest absolute Gasteiger partial charge is 0.0902 e. The van der Waals surface area contributed by atoms with E-state index in [2.05, 4.69) is 10.7 Å². The lowest BCUT2D eigenvalue weighted by molar-refractivity contribution is 1.38. The maximum absolute atomic E-state index is 5.04. The summed E-state index contributed by atoms with van der Waals surface area (Å²) in [6.07, 6.45) is 0. The first kappa shape index (κ1) is 9.66. The van der Waals surface area contributed by atoms with Gasteiger partial charge in [0, 0.05) is 7.05 Å². The molecule has 0 atom stereocenters. The number of rotatable bonds is 0. The zero-order chi connectivity index (χ0) is 6.28. The van der Waals surface area contributed by atoms with Crippen molar-refractivity contribution in [3.05, 3.63) is 0 Å². The third-order valence-electron chi connectivity index (χ3n) is 0.353. The maximum Gasteiger partial charge on any atom is 0.0902 e. The van der Waals surface area contributed by atoms with Gasteiger partial charge >= 0.3 is 0 Å². The van der Waals surface area contributed by atoms with Crippen LogP contribution in [0.3, 0.4) is 0 Å². The Bertz CT molecular complexity index is 44.9. The fraction of sp³-hybridized carbons (Fsp3) is 0.750. The number of hydrogen-bond donors (Lipinski definition) is 2. The van der Waals surface area contributed by atoms with Crippen molar-refractivity contribution in [2.45, 2.75) is 6.92 Å². The Balaban J connectivity index is 0. The lowest BCUT2D eigenvalue weighted by Crippen LogP contribution is -2.03. The van der Waals surface area contributed by atoms with Crippen molar-refractivity contribution in [2.75, 3.05) is 14.1 Å². The van der Waals surface area contributed by atoms with Crippen LogP contribution >= 0.6 is 0 Å². The molecule has 0 saturated carbocycles. The van der Waals surface area contributed by atoms with E-state index in [0.717, 1.165) is 0 Å². The van der Waals surface area contributed by atoms with Gasteiger partial charge in [-0.3, -0.25) is 4.99 Å². The van der Waals surface area contributed by atoms with Crippen molar-refractivity contribution in [3.63, 3.8) is 0 Å². The molecule has 0 spiro atoms. The zero-order valence-electron chi connectivity index (χ0n) is 5.10. The van der Waals surface area contributed by atoms with Crippen molar-refractivity contribution in [1.82, 2.24) is 0 Å². The number of hydrogen-bond acceptors (Lipinski definition) is 2. The quantitative estimate of drug-likeness (QED) is 0.322. The van der Waals surface area contributed by atoms with Crippen LogP contribution in [0.15, 0.2) is 4.99 Å². The van der Waals surface area contributed by atoms with E-state index in [-0.39, 0.29) is 0 Å². The van der Waals surface area contributed by atoms with Crippen LogP contribution in [0.25, 0.3) is 0 Å². The first-order valence-electron chi connectivity index (χ1n) is 2.04. The lowest BCUT2D eigenvalue weighted by Gasteiger charge is -1.76. The topological polar surface area (TPSA) is 64.4 Å². The molecule has 0 saturated heterocycles. The van der Waals surface area contributed by atoms with Gasteiger partial charge in [0.2, 0.25) is 0 Å². The van der Waals surface area contributed by atoms with E-state index >= 15 is 0 Å². The SMILES string of the molecule is CN.CN=C(C)N. The second-order valence-electron chi connectivity index (χ2n) is 0.865. The molecule has 0 amide bonds. The molecule has 0 rings (SSSR count). The highest BCUT2D eigenvalue weighted by atomic mass is 14.8. The van der Waals surface area contributed by atoms with Crippen LogP contribution in [-0.2, 0) is 0 Å². The molecule has 0 aliphatic heterocycles. The monoisotopic (exact) mass is 103 g/mol. The molecule has 0 aromatic rings. The summed E-state index contributed by atoms with van der Waals surface area (Å²) in [5.41, 5.74) is 9.54. The minimum atomic E-state index is 0.630. The number of nitrogens with zero attached hydrogens (tertiary/aromatic N) is 1. The molecule has 0 unspecified atom stereocenters. The van der Waals surface area contributed by atoms with Crippen LogP contribution in [0.2, 0.25) is 0 Å². The Morgan fingerprint density at radius 3 is 1.57 bits per heavy atom. The van der Waals surface area contributed by atoms with Gasteiger partial charge in [-0.2, -0.15) is 0 Å². The Morgan fingerprint density at radius 1 is 1.43 bits per heavy atom. The molecular formula is C4H13N3. The number of amidine groups is 1. The molecule has 0 aliphatic rings. The first-order valence-corrected chi connectivity index (χ1v) is 2.04. The summed E-state index contributed by atoms with van der Waals surface area (Å²) in [6, 6.07) is 0. The van der Waals surface area contributed by atoms with E-state index in [1.54, 1.807) is 14.0 Å². The van der Waals surface area contributed by atoms with Gasteiger partial charge in [-0.15, -0.1) is 0 Å². The molecule has 0 aromatic heterocycles. The lowest BCUT2D eigenvalue weighted by atomic mass is 10.7. The minimum absolute atomic E-state index is 0.630. The van der Waals surface area contributed by atoms with E-state index in [4.69, 9.17) is 5.73 Å². The third kappa shape index (κ3) is 31.2. The zero-order valence-corrected chi connectivity index (χ0v) is 5.10. The van der Waals surface area contributed by atoms with Crippen molar-refractivity contribution in [1.29, 1.82) is 0 Å². The first-order chi connectivity index (χ1) is 3.27. The average molecular weight is 103 g/mol. The fourth-order valence-corrected chi connectivity index (χ4v) is 0. The standard InChI is InChI=1S/C3H8N2.CH5N/c1-3(4)5-2;1-2/h1-2H3,(H2,4,5);2H2,1H3. The minimum Gasteiger partial charge on any atom is -0.388 e. The van der Waals surface area contributed by atoms with E-state index in [1.165, 1.54) is 7.05 Å². The molecule has 4 N–H and O–H groups in total. The van der Waals surface area contributed by atoms with Gasteiger partial charge in [-0.1, -0.05) is 0 Å². The fourth-order valence-electron chi connectivity index (χ4n) is 0. The van der Waals surface area contributed by atoms with Crippen molar-refractivity contribution in [3.8, 4) is 0 Å². The molecule has 0 fully saturated rings. The van der Waals surface area contributed by atoms with Gasteiger partial charge in [-0.25, -0.2) is 0 Å². The number of nitrogens with two attached hydrogens (primary N) is 2. The van der Waals surface area contributed by atoms with Gasteiger partial charge in [0.15, 0.2) is 0 Å². The molecule has 0 aliphatic carbocycles. The molecular weight excluding hydrogens is 90.1 g/mol. The van der Waals surface area contributed by atoms with E-state index in [0.29, 0.717) is 5.84 Å². The molecule has 3 heteroatoms. The van der Waals surface area contributed by atoms with Crippen LogP contribution in [-0.4, -0.2) is 19.9 Å². The highest BCUT2D eigenvalue weighted by Crippen LogP contribution is 1.52. The Kier molecular flexibility index (Phi) is 12.5. The summed E-state index contributed by atoms with van der Waals surface area (Å²) in [6.45, 7) is 1.75. The van der Waals surface area contributed by atoms with Crippen molar-refractivity contribution < 1.29 is 0 Å². The molecule has 3 nitrogen and oxygen atoms in total. The van der Waals surface area contributed by atoms with Gasteiger partial charge in [0.25, 0.3) is 0 Å². The van der Waals surface area contributed by atoms with Gasteiger partial charge < -0.3 is 11.5 Å². The molecule has 0 aromatic carbocycles. The van der Waals surface area contributed by atoms with E-state index in [9.17, 15) is 0 Å². The van der Waals surface area contributed by atoms with Gasteiger partial charge in [-0.05, 0) is 14.0 Å². The maximum atomic E-state index is 5.04. The second-order valence-corrected chi connectivity index (χ2v) is 0.865. The molecule has 0 bridgehead atoms. The average Bonchev–Trinajstić information content (AvgIpc) is 1.73. The summed E-state index contributed by atoms with van der Waals surface area (Å²) in [5, 5.41) is 0. The molecule has 0 radical (unpaired) electrons. The predicted octanol–water partition coefficient (Wildman–Crippen LogP) is -0.432. The highest BCUT2D eigenvalue weighted by molar-refractivity contribution is 5.77. The molecule has 0 heterocycles.